The first kappa shape index (κ1) is 21.2. The van der Waals surface area contributed by atoms with E-state index in [-0.39, 0.29) is 22.5 Å². The zero-order chi connectivity index (χ0) is 23.0. The van der Waals surface area contributed by atoms with Crippen molar-refractivity contribution in [1.29, 1.82) is 0 Å². The Hall–Kier alpha value is -4.08. The molecule has 164 valence electrons. The van der Waals surface area contributed by atoms with E-state index in [9.17, 15) is 22.8 Å². The molecule has 0 radical (unpaired) electrons. The molecule has 2 aromatic rings. The highest BCUT2D eigenvalue weighted by Gasteiger charge is 2.31. The summed E-state index contributed by atoms with van der Waals surface area (Å²) in [6.45, 7) is 1.81. The molecule has 0 aliphatic carbocycles. The second-order valence-electron chi connectivity index (χ2n) is 6.88. The van der Waals surface area contributed by atoms with Crippen molar-refractivity contribution >= 4 is 5.97 Å². The first-order chi connectivity index (χ1) is 15.2. The topological polar surface area (TPSA) is 75.3 Å². The van der Waals surface area contributed by atoms with Gasteiger partial charge in [0.25, 0.3) is 5.56 Å². The Morgan fingerprint density at radius 3 is 2.50 bits per heavy atom. The lowest BCUT2D eigenvalue weighted by Gasteiger charge is -2.14. The van der Waals surface area contributed by atoms with Gasteiger partial charge in [-0.2, -0.15) is 9.78 Å². The second kappa shape index (κ2) is 7.88. The highest BCUT2D eigenvalue weighted by molar-refractivity contribution is 5.96. The Bertz CT molecular complexity index is 1340. The van der Waals surface area contributed by atoms with Gasteiger partial charge in [0.15, 0.2) is 0 Å². The number of para-hydroxylation sites is 1. The Labute approximate surface area is 179 Å². The van der Waals surface area contributed by atoms with Gasteiger partial charge in [-0.3, -0.25) is 4.79 Å². The Morgan fingerprint density at radius 1 is 1.06 bits per heavy atom. The molecule has 4 rings (SSSR count). The number of halogens is 3. The Balaban J connectivity index is 1.93. The number of aromatic nitrogens is 3. The summed E-state index contributed by atoms with van der Waals surface area (Å²) < 4.78 is 49.1. The Kier molecular flexibility index (Phi) is 5.21. The van der Waals surface area contributed by atoms with Gasteiger partial charge in [-0.25, -0.2) is 4.79 Å². The molecule has 7 nitrogen and oxygen atoms in total. The summed E-state index contributed by atoms with van der Waals surface area (Å²) in [7, 11) is 1.18. The quantitative estimate of drug-likeness (QED) is 0.444. The van der Waals surface area contributed by atoms with Crippen molar-refractivity contribution < 1.29 is 27.4 Å². The van der Waals surface area contributed by atoms with Crippen LogP contribution in [-0.2, 0) is 4.74 Å². The molecule has 0 amide bonds. The van der Waals surface area contributed by atoms with E-state index < -0.39 is 23.6 Å². The minimum Gasteiger partial charge on any atom is -0.465 e. The number of carbonyl (C=O) groups excluding carboxylic acids is 1. The molecule has 0 N–H and O–H groups in total. The average Bonchev–Trinajstić information content (AvgIpc) is 3.08. The Morgan fingerprint density at radius 2 is 1.81 bits per heavy atom. The number of pyridine rings is 1. The van der Waals surface area contributed by atoms with Gasteiger partial charge in [-0.05, 0) is 30.7 Å². The van der Waals surface area contributed by atoms with Crippen LogP contribution < -0.4 is 10.3 Å². The van der Waals surface area contributed by atoms with Crippen LogP contribution in [0.5, 0.6) is 5.75 Å². The maximum atomic E-state index is 13.1. The molecule has 0 unspecified atom stereocenters. The molecule has 2 aliphatic rings. The number of alkyl halides is 3. The fourth-order valence-electron chi connectivity index (χ4n) is 3.32. The van der Waals surface area contributed by atoms with E-state index in [1.165, 1.54) is 40.9 Å². The smallest absolute Gasteiger partial charge is 0.465 e. The third kappa shape index (κ3) is 3.94. The van der Waals surface area contributed by atoms with Crippen LogP contribution in [-0.4, -0.2) is 33.8 Å². The number of aryl methyl sites for hydroxylation is 1. The molecule has 2 aliphatic heterocycles. The summed E-state index contributed by atoms with van der Waals surface area (Å²) in [6, 6.07) is 12.2. The van der Waals surface area contributed by atoms with Crippen LogP contribution >= 0.6 is 0 Å². The molecular formula is C22H16F3N3O4. The lowest BCUT2D eigenvalue weighted by Crippen LogP contribution is -2.17. The number of carbonyl (C=O) groups is 1. The van der Waals surface area contributed by atoms with Gasteiger partial charge in [0.2, 0.25) is 0 Å². The van der Waals surface area contributed by atoms with E-state index in [1.54, 1.807) is 12.1 Å². The summed E-state index contributed by atoms with van der Waals surface area (Å²) in [5, 5.41) is 4.33. The molecule has 0 bridgehead atoms. The highest BCUT2D eigenvalue weighted by atomic mass is 19.4. The minimum absolute atomic E-state index is 0.0171. The van der Waals surface area contributed by atoms with Crippen molar-refractivity contribution in [2.75, 3.05) is 7.11 Å². The number of hydrogen-bond donors (Lipinski definition) is 0. The number of ether oxygens (including phenoxy) is 2. The summed E-state index contributed by atoms with van der Waals surface area (Å²) in [6.07, 6.45) is -2.12. The van der Waals surface area contributed by atoms with Gasteiger partial charge in [0.1, 0.15) is 17.0 Å². The largest absolute Gasteiger partial charge is 0.573 e. The molecule has 2 aromatic carbocycles. The van der Waals surface area contributed by atoms with Crippen LogP contribution in [0, 0.1) is 6.92 Å². The second-order valence-corrected chi connectivity index (χ2v) is 6.88. The van der Waals surface area contributed by atoms with Crippen molar-refractivity contribution in [3.63, 3.8) is 0 Å². The molecule has 0 spiro atoms. The monoisotopic (exact) mass is 443 g/mol. The number of methoxy groups -OCH3 is 1. The van der Waals surface area contributed by atoms with E-state index in [4.69, 9.17) is 4.74 Å². The summed E-state index contributed by atoms with van der Waals surface area (Å²) >= 11 is 0. The van der Waals surface area contributed by atoms with E-state index in [0.29, 0.717) is 5.69 Å². The molecule has 0 saturated carbocycles. The van der Waals surface area contributed by atoms with Gasteiger partial charge >= 0.3 is 12.3 Å². The van der Waals surface area contributed by atoms with Crippen molar-refractivity contribution in [3.05, 3.63) is 82.4 Å². The van der Waals surface area contributed by atoms with E-state index in [0.717, 1.165) is 17.7 Å². The summed E-state index contributed by atoms with van der Waals surface area (Å²) in [4.78, 5) is 25.6. The third-order valence-corrected chi connectivity index (χ3v) is 4.77. The first-order valence-corrected chi connectivity index (χ1v) is 9.33. The maximum absolute atomic E-state index is 13.1. The number of fused-ring (bicyclic) bond motifs is 1. The molecule has 10 heteroatoms. The third-order valence-electron chi connectivity index (χ3n) is 4.77. The van der Waals surface area contributed by atoms with Crippen LogP contribution in [0.3, 0.4) is 0 Å². The van der Waals surface area contributed by atoms with Gasteiger partial charge in [0, 0.05) is 24.1 Å². The molecule has 0 saturated heterocycles. The van der Waals surface area contributed by atoms with E-state index in [2.05, 4.69) is 9.84 Å². The van der Waals surface area contributed by atoms with Crippen LogP contribution in [0.15, 0.2) is 65.7 Å². The maximum Gasteiger partial charge on any atom is 0.573 e. The van der Waals surface area contributed by atoms with Crippen molar-refractivity contribution in [3.8, 4) is 28.4 Å². The molecule has 32 heavy (non-hydrogen) atoms. The van der Waals surface area contributed by atoms with Crippen LogP contribution in [0.1, 0.15) is 15.9 Å². The van der Waals surface area contributed by atoms with Gasteiger partial charge in [-0.15, -0.1) is 13.2 Å². The zero-order valence-corrected chi connectivity index (χ0v) is 16.9. The number of esters is 1. The van der Waals surface area contributed by atoms with E-state index in [1.807, 2.05) is 19.1 Å². The highest BCUT2D eigenvalue weighted by Crippen LogP contribution is 2.28. The zero-order valence-electron chi connectivity index (χ0n) is 16.9. The van der Waals surface area contributed by atoms with Crippen molar-refractivity contribution in [2.24, 2.45) is 0 Å². The minimum atomic E-state index is -4.86. The molecule has 0 fully saturated rings. The molecule has 0 atom stereocenters. The number of nitrogens with zero attached hydrogens (tertiary/aromatic N) is 3. The summed E-state index contributed by atoms with van der Waals surface area (Å²) in [5.41, 5.74) is 1.27. The molecular weight excluding hydrogens is 427 g/mol. The van der Waals surface area contributed by atoms with Crippen LogP contribution in [0.4, 0.5) is 13.2 Å². The number of benzene rings is 2. The normalized spacial score (nSPS) is 11.5. The fraction of sp³-hybridized carbons (Fsp3) is 0.136. The first-order valence-electron chi connectivity index (χ1n) is 9.33. The SMILES string of the molecule is COC(=O)c1cn(-c2cccc(OC(F)(F)F)c2)cc2c(=O)n(-c3ccccc3C)nc1-2. The number of rotatable bonds is 4. The fourth-order valence-corrected chi connectivity index (χ4v) is 3.32. The van der Waals surface area contributed by atoms with E-state index >= 15 is 0 Å². The number of hydrogen-bond acceptors (Lipinski definition) is 5. The summed E-state index contributed by atoms with van der Waals surface area (Å²) in [5.74, 6) is -1.19. The average molecular weight is 443 g/mol. The lowest BCUT2D eigenvalue weighted by atomic mass is 10.1. The van der Waals surface area contributed by atoms with Gasteiger partial charge in [0.05, 0.1) is 18.4 Å². The predicted molar refractivity (Wildman–Crippen MR) is 109 cm³/mol. The molecule has 0 aromatic heterocycles. The van der Waals surface area contributed by atoms with Gasteiger partial charge in [-0.1, -0.05) is 24.3 Å². The van der Waals surface area contributed by atoms with Crippen molar-refractivity contribution in [2.45, 2.75) is 13.3 Å². The standard InChI is InChI=1S/C22H16F3N3O4/c1-13-6-3-4-9-18(13)28-20(29)16-11-27(12-17(19(16)26-28)21(30)31-2)14-7-5-8-15(10-14)32-22(23,24)25/h3-12H,1-2H3. The predicted octanol–water partition coefficient (Wildman–Crippen LogP) is 4.12. The van der Waals surface area contributed by atoms with Crippen LogP contribution in [0.2, 0.25) is 0 Å². The van der Waals surface area contributed by atoms with Gasteiger partial charge < -0.3 is 14.0 Å². The lowest BCUT2D eigenvalue weighted by molar-refractivity contribution is -0.274. The van der Waals surface area contributed by atoms with Crippen LogP contribution in [0.25, 0.3) is 22.6 Å². The molecule has 2 heterocycles. The van der Waals surface area contributed by atoms with Crippen molar-refractivity contribution in [1.82, 2.24) is 14.3 Å².